The van der Waals surface area contributed by atoms with Crippen molar-refractivity contribution >= 4 is 12.0 Å². The van der Waals surface area contributed by atoms with Crippen molar-refractivity contribution < 1.29 is 14.7 Å². The molecule has 5 nitrogen and oxygen atoms in total. The van der Waals surface area contributed by atoms with Crippen molar-refractivity contribution in [3.05, 3.63) is 0 Å². The molecule has 0 saturated carbocycles. The van der Waals surface area contributed by atoms with E-state index in [4.69, 9.17) is 5.11 Å². The number of carboxylic acids is 1. The number of carbonyl (C=O) groups is 2. The lowest BCUT2D eigenvalue weighted by Gasteiger charge is -2.35. The molecular formula is C14H26N2O3. The predicted octanol–water partition coefficient (Wildman–Crippen LogP) is 2.27. The zero-order valence-corrected chi connectivity index (χ0v) is 12.3. The van der Waals surface area contributed by atoms with Gasteiger partial charge in [0.25, 0.3) is 0 Å². The smallest absolute Gasteiger partial charge is 0.323 e. The summed E-state index contributed by atoms with van der Waals surface area (Å²) in [6.07, 6.45) is 3.22. The second kappa shape index (κ2) is 7.36. The Balaban J connectivity index is 2.58. The molecule has 0 atom stereocenters. The molecule has 2 amide bonds. The summed E-state index contributed by atoms with van der Waals surface area (Å²) in [6.45, 7) is 7.97. The van der Waals surface area contributed by atoms with Gasteiger partial charge in [-0.3, -0.25) is 4.79 Å². The molecule has 0 spiro atoms. The van der Waals surface area contributed by atoms with Crippen LogP contribution in [0.5, 0.6) is 0 Å². The van der Waals surface area contributed by atoms with Crippen molar-refractivity contribution in [2.24, 2.45) is 11.8 Å². The summed E-state index contributed by atoms with van der Waals surface area (Å²) in [4.78, 5) is 26.5. The van der Waals surface area contributed by atoms with Gasteiger partial charge in [0.2, 0.25) is 0 Å². The summed E-state index contributed by atoms with van der Waals surface area (Å²) in [7, 11) is 0. The number of urea groups is 1. The van der Waals surface area contributed by atoms with E-state index in [0.717, 1.165) is 32.4 Å². The van der Waals surface area contributed by atoms with Gasteiger partial charge in [-0.15, -0.1) is 0 Å². The first-order valence-corrected chi connectivity index (χ1v) is 7.19. The summed E-state index contributed by atoms with van der Waals surface area (Å²) in [5.74, 6) is 0.0380. The number of nitrogens with zero attached hydrogens (tertiary/aromatic N) is 2. The number of likely N-dealkylation sites (tertiary alicyclic amines) is 1. The van der Waals surface area contributed by atoms with E-state index in [0.29, 0.717) is 12.5 Å². The number of carbonyl (C=O) groups excluding carboxylic acids is 1. The van der Waals surface area contributed by atoms with Gasteiger partial charge in [0.05, 0.1) is 0 Å². The number of piperidine rings is 1. The molecule has 19 heavy (non-hydrogen) atoms. The molecule has 1 fully saturated rings. The van der Waals surface area contributed by atoms with E-state index in [1.165, 1.54) is 4.90 Å². The maximum atomic E-state index is 12.4. The number of amides is 2. The molecule has 1 N–H and O–H groups in total. The van der Waals surface area contributed by atoms with Gasteiger partial charge in [-0.25, -0.2) is 4.79 Å². The molecule has 1 aliphatic heterocycles. The lowest BCUT2D eigenvalue weighted by molar-refractivity contribution is -0.137. The van der Waals surface area contributed by atoms with Gasteiger partial charge in [-0.2, -0.15) is 0 Å². The minimum atomic E-state index is -0.947. The van der Waals surface area contributed by atoms with Crippen LogP contribution in [0, 0.1) is 11.8 Å². The van der Waals surface area contributed by atoms with Crippen molar-refractivity contribution in [2.75, 3.05) is 26.2 Å². The van der Waals surface area contributed by atoms with Crippen molar-refractivity contribution in [1.82, 2.24) is 9.80 Å². The third kappa shape index (κ3) is 5.09. The first-order valence-electron chi connectivity index (χ1n) is 7.19. The van der Waals surface area contributed by atoms with Gasteiger partial charge in [0.15, 0.2) is 0 Å². The number of hydrogen-bond acceptors (Lipinski definition) is 2. The molecule has 0 aromatic carbocycles. The Morgan fingerprint density at radius 1 is 1.32 bits per heavy atom. The molecule has 0 aromatic rings. The Bertz CT molecular complexity index is 310. The first kappa shape index (κ1) is 15.8. The third-order valence-electron chi connectivity index (χ3n) is 3.64. The fourth-order valence-corrected chi connectivity index (χ4v) is 2.55. The van der Waals surface area contributed by atoms with Crippen LogP contribution in [-0.4, -0.2) is 53.1 Å². The molecule has 1 heterocycles. The maximum Gasteiger partial charge on any atom is 0.323 e. The Labute approximate surface area is 115 Å². The van der Waals surface area contributed by atoms with Crippen LogP contribution < -0.4 is 0 Å². The van der Waals surface area contributed by atoms with E-state index in [-0.39, 0.29) is 18.5 Å². The fourth-order valence-electron chi connectivity index (χ4n) is 2.55. The standard InChI is InChI=1S/C14H26N2O3/c1-4-12-5-7-15(8-6-12)14(19)16(9-11(2)3)10-13(17)18/h11-12H,4-10H2,1-3H3,(H,17,18). The number of aliphatic carboxylic acids is 1. The van der Waals surface area contributed by atoms with E-state index in [1.54, 1.807) is 4.90 Å². The lowest BCUT2D eigenvalue weighted by Crippen LogP contribution is -2.49. The van der Waals surface area contributed by atoms with E-state index >= 15 is 0 Å². The highest BCUT2D eigenvalue weighted by atomic mass is 16.4. The highest BCUT2D eigenvalue weighted by molar-refractivity contribution is 5.80. The minimum Gasteiger partial charge on any atom is -0.480 e. The van der Waals surface area contributed by atoms with E-state index in [9.17, 15) is 9.59 Å². The summed E-state index contributed by atoms with van der Waals surface area (Å²) < 4.78 is 0. The summed E-state index contributed by atoms with van der Waals surface area (Å²) in [5.41, 5.74) is 0. The Morgan fingerprint density at radius 2 is 1.89 bits per heavy atom. The molecule has 0 bridgehead atoms. The monoisotopic (exact) mass is 270 g/mol. The van der Waals surface area contributed by atoms with Crippen LogP contribution in [0.25, 0.3) is 0 Å². The zero-order valence-electron chi connectivity index (χ0n) is 12.3. The van der Waals surface area contributed by atoms with Crippen LogP contribution in [0.1, 0.15) is 40.0 Å². The van der Waals surface area contributed by atoms with Crippen molar-refractivity contribution in [1.29, 1.82) is 0 Å². The van der Waals surface area contributed by atoms with Gasteiger partial charge in [-0.05, 0) is 24.7 Å². The van der Waals surface area contributed by atoms with E-state index < -0.39 is 5.97 Å². The van der Waals surface area contributed by atoms with Crippen LogP contribution in [0.4, 0.5) is 4.79 Å². The summed E-state index contributed by atoms with van der Waals surface area (Å²) in [5, 5.41) is 8.91. The molecule has 1 rings (SSSR count). The Hall–Kier alpha value is -1.26. The van der Waals surface area contributed by atoms with Crippen LogP contribution in [-0.2, 0) is 4.79 Å². The molecule has 5 heteroatoms. The second-order valence-corrected chi connectivity index (χ2v) is 5.79. The van der Waals surface area contributed by atoms with Crippen LogP contribution in [0.2, 0.25) is 0 Å². The Morgan fingerprint density at radius 3 is 2.32 bits per heavy atom. The molecule has 1 saturated heterocycles. The largest absolute Gasteiger partial charge is 0.480 e. The third-order valence-corrected chi connectivity index (χ3v) is 3.64. The molecule has 0 aliphatic carbocycles. The first-order chi connectivity index (χ1) is 8.93. The summed E-state index contributed by atoms with van der Waals surface area (Å²) in [6, 6.07) is -0.120. The number of rotatable bonds is 5. The molecule has 0 aromatic heterocycles. The topological polar surface area (TPSA) is 60.9 Å². The molecule has 1 aliphatic rings. The quantitative estimate of drug-likeness (QED) is 0.833. The van der Waals surface area contributed by atoms with Crippen LogP contribution in [0.15, 0.2) is 0 Å². The van der Waals surface area contributed by atoms with Gasteiger partial charge in [0.1, 0.15) is 6.54 Å². The average Bonchev–Trinajstić information content (AvgIpc) is 2.36. The second-order valence-electron chi connectivity index (χ2n) is 5.79. The Kier molecular flexibility index (Phi) is 6.12. The van der Waals surface area contributed by atoms with Gasteiger partial charge in [0, 0.05) is 19.6 Å². The minimum absolute atomic E-state index is 0.120. The molecular weight excluding hydrogens is 244 g/mol. The van der Waals surface area contributed by atoms with Gasteiger partial charge < -0.3 is 14.9 Å². The van der Waals surface area contributed by atoms with Crippen molar-refractivity contribution in [2.45, 2.75) is 40.0 Å². The maximum absolute atomic E-state index is 12.4. The molecule has 110 valence electrons. The normalized spacial score (nSPS) is 16.7. The van der Waals surface area contributed by atoms with E-state index in [2.05, 4.69) is 6.92 Å². The van der Waals surface area contributed by atoms with Crippen LogP contribution in [0.3, 0.4) is 0 Å². The zero-order chi connectivity index (χ0) is 14.4. The number of carboxylic acid groups (broad SMARTS) is 1. The van der Waals surface area contributed by atoms with Gasteiger partial charge in [-0.1, -0.05) is 27.2 Å². The van der Waals surface area contributed by atoms with Crippen LogP contribution >= 0.6 is 0 Å². The van der Waals surface area contributed by atoms with E-state index in [1.807, 2.05) is 13.8 Å². The predicted molar refractivity (Wildman–Crippen MR) is 74.0 cm³/mol. The number of hydrogen-bond donors (Lipinski definition) is 1. The highest BCUT2D eigenvalue weighted by Gasteiger charge is 2.27. The molecule has 0 radical (unpaired) electrons. The van der Waals surface area contributed by atoms with Crippen molar-refractivity contribution in [3.8, 4) is 0 Å². The lowest BCUT2D eigenvalue weighted by atomic mass is 9.95. The average molecular weight is 270 g/mol. The fraction of sp³-hybridized carbons (Fsp3) is 0.857. The summed E-state index contributed by atoms with van der Waals surface area (Å²) >= 11 is 0. The molecule has 0 unspecified atom stereocenters. The van der Waals surface area contributed by atoms with Gasteiger partial charge >= 0.3 is 12.0 Å². The SMILES string of the molecule is CCC1CCN(C(=O)N(CC(=O)O)CC(C)C)CC1. The highest BCUT2D eigenvalue weighted by Crippen LogP contribution is 2.21. The van der Waals surface area contributed by atoms with Crippen molar-refractivity contribution in [3.63, 3.8) is 0 Å².